The molecule has 1 atom stereocenters. The van der Waals surface area contributed by atoms with Crippen molar-refractivity contribution in [2.24, 2.45) is 5.92 Å². The first-order chi connectivity index (χ1) is 11.7. The van der Waals surface area contributed by atoms with Crippen LogP contribution in [0, 0.1) is 5.92 Å². The van der Waals surface area contributed by atoms with Gasteiger partial charge in [0.1, 0.15) is 5.82 Å². The fourth-order valence-corrected chi connectivity index (χ4v) is 2.79. The summed E-state index contributed by atoms with van der Waals surface area (Å²) in [5.41, 5.74) is 4.57. The van der Waals surface area contributed by atoms with E-state index in [1.807, 2.05) is 19.1 Å². The predicted molar refractivity (Wildman–Crippen MR) is 105 cm³/mol. The number of hydrogen-bond acceptors (Lipinski definition) is 1. The molecule has 1 unspecified atom stereocenters. The predicted octanol–water partition coefficient (Wildman–Crippen LogP) is 6.01. The Labute approximate surface area is 144 Å². The van der Waals surface area contributed by atoms with E-state index >= 15 is 0 Å². The maximum Gasteiger partial charge on any atom is 0.144 e. The molecule has 0 saturated heterocycles. The molecule has 0 amide bonds. The standard InChI is InChI=1S/C22H24N2/c1-4-5-8-17(2)15-16-24-21-10-7-6-9-20(21)23-22(24)19-13-11-18(3)12-14-19/h4-11,13-16,18H,12H2,1-3H3/b5-4-,16-15+,17-8-. The van der Waals surface area contributed by atoms with Crippen molar-refractivity contribution in [3.63, 3.8) is 0 Å². The Morgan fingerprint density at radius 1 is 1.29 bits per heavy atom. The average Bonchev–Trinajstić information content (AvgIpc) is 2.97. The van der Waals surface area contributed by atoms with E-state index < -0.39 is 0 Å². The van der Waals surface area contributed by atoms with Crippen LogP contribution in [0.2, 0.25) is 0 Å². The highest BCUT2D eigenvalue weighted by atomic mass is 15.1. The van der Waals surface area contributed by atoms with Crippen LogP contribution in [0.1, 0.15) is 33.0 Å². The molecule has 122 valence electrons. The van der Waals surface area contributed by atoms with Crippen LogP contribution in [0.3, 0.4) is 0 Å². The lowest BCUT2D eigenvalue weighted by atomic mass is 9.98. The third kappa shape index (κ3) is 3.48. The van der Waals surface area contributed by atoms with E-state index in [1.54, 1.807) is 0 Å². The van der Waals surface area contributed by atoms with E-state index in [9.17, 15) is 0 Å². The lowest BCUT2D eigenvalue weighted by molar-refractivity contribution is 0.738. The van der Waals surface area contributed by atoms with E-state index in [4.69, 9.17) is 4.98 Å². The second-order valence-corrected chi connectivity index (χ2v) is 6.28. The Kier molecular flexibility index (Phi) is 4.95. The second-order valence-electron chi connectivity index (χ2n) is 6.28. The maximum absolute atomic E-state index is 4.86. The molecule has 0 fully saturated rings. The third-order valence-electron chi connectivity index (χ3n) is 4.21. The van der Waals surface area contributed by atoms with Gasteiger partial charge in [-0.3, -0.25) is 4.57 Å². The van der Waals surface area contributed by atoms with Gasteiger partial charge in [-0.25, -0.2) is 4.98 Å². The first-order valence-corrected chi connectivity index (χ1v) is 8.52. The molecule has 0 radical (unpaired) electrons. The van der Waals surface area contributed by atoms with E-state index in [2.05, 4.69) is 79.3 Å². The van der Waals surface area contributed by atoms with Crippen molar-refractivity contribution in [1.82, 2.24) is 9.55 Å². The highest BCUT2D eigenvalue weighted by Crippen LogP contribution is 2.27. The molecule has 0 N–H and O–H groups in total. The summed E-state index contributed by atoms with van der Waals surface area (Å²) in [5.74, 6) is 1.61. The molecule has 0 aliphatic heterocycles. The van der Waals surface area contributed by atoms with Crippen molar-refractivity contribution >= 4 is 22.8 Å². The van der Waals surface area contributed by atoms with Crippen molar-refractivity contribution in [3.05, 3.63) is 78.2 Å². The summed E-state index contributed by atoms with van der Waals surface area (Å²) in [6, 6.07) is 8.30. The quantitative estimate of drug-likeness (QED) is 0.632. The van der Waals surface area contributed by atoms with Crippen LogP contribution in [-0.4, -0.2) is 9.55 Å². The molecule has 1 aromatic heterocycles. The van der Waals surface area contributed by atoms with Crippen molar-refractivity contribution in [2.45, 2.75) is 27.2 Å². The van der Waals surface area contributed by atoms with Crippen molar-refractivity contribution in [2.75, 3.05) is 0 Å². The first kappa shape index (κ1) is 16.3. The molecule has 3 rings (SSSR count). The number of benzene rings is 1. The van der Waals surface area contributed by atoms with Crippen LogP contribution < -0.4 is 0 Å². The zero-order valence-electron chi connectivity index (χ0n) is 14.6. The molecule has 0 saturated carbocycles. The number of rotatable bonds is 4. The minimum Gasteiger partial charge on any atom is -0.299 e. The summed E-state index contributed by atoms with van der Waals surface area (Å²) in [4.78, 5) is 4.86. The summed E-state index contributed by atoms with van der Waals surface area (Å²) in [5, 5.41) is 0. The van der Waals surface area contributed by atoms with Crippen LogP contribution in [0.25, 0.3) is 22.8 Å². The minimum atomic E-state index is 0.605. The Balaban J connectivity index is 2.06. The molecule has 1 aliphatic carbocycles. The van der Waals surface area contributed by atoms with Gasteiger partial charge in [0.25, 0.3) is 0 Å². The van der Waals surface area contributed by atoms with E-state index in [1.165, 1.54) is 11.1 Å². The summed E-state index contributed by atoms with van der Waals surface area (Å²) in [6.07, 6.45) is 18.3. The van der Waals surface area contributed by atoms with Gasteiger partial charge in [-0.1, -0.05) is 55.5 Å². The molecule has 2 heteroatoms. The summed E-state index contributed by atoms with van der Waals surface area (Å²) < 4.78 is 2.19. The normalized spacial score (nSPS) is 18.9. The number of aromatic nitrogens is 2. The SMILES string of the molecule is C\C=C/C=C(C)\C=C\n1c(C2=CCC(C)C=C2)nc2ccccc21. The summed E-state index contributed by atoms with van der Waals surface area (Å²) in [6.45, 7) is 6.37. The maximum atomic E-state index is 4.86. The number of allylic oxidation sites excluding steroid dienone is 9. The fraction of sp³-hybridized carbons (Fsp3) is 0.227. The molecular weight excluding hydrogens is 292 g/mol. The number of hydrogen-bond donors (Lipinski definition) is 0. The minimum absolute atomic E-state index is 0.605. The first-order valence-electron chi connectivity index (χ1n) is 8.52. The number of para-hydroxylation sites is 2. The average molecular weight is 316 g/mol. The van der Waals surface area contributed by atoms with E-state index in [0.29, 0.717) is 5.92 Å². The van der Waals surface area contributed by atoms with Crippen molar-refractivity contribution < 1.29 is 0 Å². The van der Waals surface area contributed by atoms with Gasteiger partial charge in [0, 0.05) is 11.8 Å². The lowest BCUT2D eigenvalue weighted by Gasteiger charge is -2.12. The van der Waals surface area contributed by atoms with Gasteiger partial charge in [-0.15, -0.1) is 0 Å². The Hall–Kier alpha value is -2.61. The highest BCUT2D eigenvalue weighted by molar-refractivity contribution is 5.84. The van der Waals surface area contributed by atoms with Gasteiger partial charge in [0.05, 0.1) is 11.0 Å². The van der Waals surface area contributed by atoms with Crippen LogP contribution >= 0.6 is 0 Å². The van der Waals surface area contributed by atoms with Crippen LogP contribution in [0.15, 0.2) is 72.4 Å². The van der Waals surface area contributed by atoms with Gasteiger partial charge in [0.2, 0.25) is 0 Å². The van der Waals surface area contributed by atoms with Gasteiger partial charge < -0.3 is 0 Å². The monoisotopic (exact) mass is 316 g/mol. The van der Waals surface area contributed by atoms with Crippen LogP contribution in [-0.2, 0) is 0 Å². The van der Waals surface area contributed by atoms with E-state index in [-0.39, 0.29) is 0 Å². The summed E-state index contributed by atoms with van der Waals surface area (Å²) >= 11 is 0. The molecule has 24 heavy (non-hydrogen) atoms. The van der Waals surface area contributed by atoms with E-state index in [0.717, 1.165) is 23.3 Å². The Bertz CT molecular complexity index is 873. The molecule has 0 bridgehead atoms. The molecule has 2 aromatic rings. The van der Waals surface area contributed by atoms with Crippen molar-refractivity contribution in [3.8, 4) is 0 Å². The number of imidazole rings is 1. The third-order valence-corrected chi connectivity index (χ3v) is 4.21. The summed E-state index contributed by atoms with van der Waals surface area (Å²) in [7, 11) is 0. The molecule has 2 nitrogen and oxygen atoms in total. The topological polar surface area (TPSA) is 17.8 Å². The van der Waals surface area contributed by atoms with Gasteiger partial charge in [-0.05, 0) is 50.0 Å². The van der Waals surface area contributed by atoms with Crippen LogP contribution in [0.5, 0.6) is 0 Å². The number of fused-ring (bicyclic) bond motifs is 1. The van der Waals surface area contributed by atoms with Crippen molar-refractivity contribution in [1.29, 1.82) is 0 Å². The zero-order valence-corrected chi connectivity index (χ0v) is 14.6. The molecule has 1 aliphatic rings. The number of nitrogens with zero attached hydrogens (tertiary/aromatic N) is 2. The molecular formula is C22H24N2. The Morgan fingerprint density at radius 2 is 2.12 bits per heavy atom. The van der Waals surface area contributed by atoms with Gasteiger partial charge in [0.15, 0.2) is 0 Å². The lowest BCUT2D eigenvalue weighted by Crippen LogP contribution is -1.99. The largest absolute Gasteiger partial charge is 0.299 e. The molecule has 0 spiro atoms. The molecule has 1 heterocycles. The smallest absolute Gasteiger partial charge is 0.144 e. The molecule has 1 aromatic carbocycles. The highest BCUT2D eigenvalue weighted by Gasteiger charge is 2.13. The zero-order chi connectivity index (χ0) is 16.9. The fourth-order valence-electron chi connectivity index (χ4n) is 2.79. The Morgan fingerprint density at radius 3 is 2.88 bits per heavy atom. The van der Waals surface area contributed by atoms with Gasteiger partial charge >= 0.3 is 0 Å². The van der Waals surface area contributed by atoms with Crippen LogP contribution in [0.4, 0.5) is 0 Å². The second kappa shape index (κ2) is 7.31. The van der Waals surface area contributed by atoms with Gasteiger partial charge in [-0.2, -0.15) is 0 Å².